The van der Waals surface area contributed by atoms with E-state index in [2.05, 4.69) is 25.7 Å². The van der Waals surface area contributed by atoms with Crippen LogP contribution < -0.4 is 5.32 Å². The molecule has 2 unspecified atom stereocenters. The van der Waals surface area contributed by atoms with Crippen molar-refractivity contribution in [2.75, 3.05) is 19.8 Å². The van der Waals surface area contributed by atoms with Crippen LogP contribution in [0.4, 0.5) is 4.79 Å². The fraction of sp³-hybridized carbons (Fsp3) is 0.783. The van der Waals surface area contributed by atoms with Crippen molar-refractivity contribution in [1.82, 2.24) is 5.32 Å². The Bertz CT molecular complexity index is 520. The second kappa shape index (κ2) is 17.8. The molecule has 0 aromatic carbocycles. The molecule has 174 valence electrons. The van der Waals surface area contributed by atoms with Gasteiger partial charge < -0.3 is 19.5 Å². The van der Waals surface area contributed by atoms with E-state index in [1.807, 2.05) is 6.92 Å². The monoisotopic (exact) mass is 427 g/mol. The standard InChI is InChI=1S/C23H41NO6/c1-6-8-13-20(7-2)17-29-21(25)14-11-9-10-12-19(5)30-23(27)24-15-16-28-22(26)18(3)4/h19-20H,3,6-17H2,1-2,4-5H3,(H,24,27). The van der Waals surface area contributed by atoms with Crippen LogP contribution in [0.1, 0.15) is 85.5 Å². The highest BCUT2D eigenvalue weighted by Gasteiger charge is 2.11. The number of nitrogens with one attached hydrogen (secondary N) is 1. The number of esters is 2. The van der Waals surface area contributed by atoms with Gasteiger partial charge in [0.25, 0.3) is 0 Å². The first-order valence-electron chi connectivity index (χ1n) is 11.2. The Balaban J connectivity index is 3.70. The normalized spacial score (nSPS) is 12.5. The molecule has 1 amide bonds. The van der Waals surface area contributed by atoms with Crippen LogP contribution in [0.3, 0.4) is 0 Å². The molecule has 7 heteroatoms. The second-order valence-electron chi connectivity index (χ2n) is 7.76. The van der Waals surface area contributed by atoms with Crippen molar-refractivity contribution in [2.45, 2.75) is 91.6 Å². The van der Waals surface area contributed by atoms with Crippen molar-refractivity contribution in [2.24, 2.45) is 5.92 Å². The molecule has 0 saturated heterocycles. The highest BCUT2D eigenvalue weighted by Crippen LogP contribution is 2.14. The van der Waals surface area contributed by atoms with Crippen molar-refractivity contribution in [3.05, 3.63) is 12.2 Å². The zero-order valence-corrected chi connectivity index (χ0v) is 19.3. The largest absolute Gasteiger partial charge is 0.465 e. The molecule has 1 N–H and O–H groups in total. The van der Waals surface area contributed by atoms with Gasteiger partial charge in [0.15, 0.2) is 0 Å². The number of unbranched alkanes of at least 4 members (excludes halogenated alkanes) is 3. The molecule has 0 aromatic rings. The summed E-state index contributed by atoms with van der Waals surface area (Å²) in [7, 11) is 0. The minimum absolute atomic E-state index is 0.0723. The molecule has 0 saturated carbocycles. The van der Waals surface area contributed by atoms with Crippen molar-refractivity contribution >= 4 is 18.0 Å². The zero-order chi connectivity index (χ0) is 22.8. The van der Waals surface area contributed by atoms with E-state index in [1.165, 1.54) is 12.8 Å². The molecule has 0 rings (SSSR count). The van der Waals surface area contributed by atoms with Gasteiger partial charge >= 0.3 is 18.0 Å². The van der Waals surface area contributed by atoms with Crippen LogP contribution in [0.25, 0.3) is 0 Å². The van der Waals surface area contributed by atoms with E-state index in [9.17, 15) is 14.4 Å². The van der Waals surface area contributed by atoms with E-state index in [0.717, 1.165) is 38.5 Å². The lowest BCUT2D eigenvalue weighted by Gasteiger charge is -2.15. The Morgan fingerprint density at radius 2 is 1.73 bits per heavy atom. The summed E-state index contributed by atoms with van der Waals surface area (Å²) in [6, 6.07) is 0. The summed E-state index contributed by atoms with van der Waals surface area (Å²) in [5, 5.41) is 2.54. The smallest absolute Gasteiger partial charge is 0.407 e. The summed E-state index contributed by atoms with van der Waals surface area (Å²) < 4.78 is 15.5. The van der Waals surface area contributed by atoms with Gasteiger partial charge in [-0.15, -0.1) is 0 Å². The Kier molecular flexibility index (Phi) is 16.6. The molecular formula is C23H41NO6. The molecule has 7 nitrogen and oxygen atoms in total. The van der Waals surface area contributed by atoms with Gasteiger partial charge in [-0.3, -0.25) is 4.79 Å². The SMILES string of the molecule is C=C(C)C(=O)OCCNC(=O)OC(C)CCCCCC(=O)OCC(CC)CCCC. The zero-order valence-electron chi connectivity index (χ0n) is 19.3. The van der Waals surface area contributed by atoms with Crippen molar-refractivity contribution in [3.8, 4) is 0 Å². The van der Waals surface area contributed by atoms with Gasteiger partial charge in [-0.1, -0.05) is 46.1 Å². The van der Waals surface area contributed by atoms with E-state index in [0.29, 0.717) is 24.5 Å². The summed E-state index contributed by atoms with van der Waals surface area (Å²) in [4.78, 5) is 34.7. The van der Waals surface area contributed by atoms with E-state index >= 15 is 0 Å². The van der Waals surface area contributed by atoms with Crippen LogP contribution in [0.15, 0.2) is 12.2 Å². The first-order valence-corrected chi connectivity index (χ1v) is 11.2. The third-order valence-electron chi connectivity index (χ3n) is 4.78. The van der Waals surface area contributed by atoms with E-state index in [-0.39, 0.29) is 25.2 Å². The lowest BCUT2D eigenvalue weighted by Crippen LogP contribution is -2.31. The number of alkyl carbamates (subject to hydrolysis) is 1. The highest BCUT2D eigenvalue weighted by atomic mass is 16.6. The van der Waals surface area contributed by atoms with E-state index in [4.69, 9.17) is 14.2 Å². The average molecular weight is 428 g/mol. The average Bonchev–Trinajstić information content (AvgIpc) is 2.70. The van der Waals surface area contributed by atoms with Gasteiger partial charge in [0, 0.05) is 12.0 Å². The number of amides is 1. The number of hydrogen-bond donors (Lipinski definition) is 1. The second-order valence-corrected chi connectivity index (χ2v) is 7.76. The molecule has 30 heavy (non-hydrogen) atoms. The Hall–Kier alpha value is -2.05. The van der Waals surface area contributed by atoms with Gasteiger partial charge in [0.2, 0.25) is 0 Å². The lowest BCUT2D eigenvalue weighted by molar-refractivity contribution is -0.145. The maximum Gasteiger partial charge on any atom is 0.407 e. The first kappa shape index (κ1) is 27.9. The number of hydrogen-bond acceptors (Lipinski definition) is 6. The number of ether oxygens (including phenoxy) is 3. The third kappa shape index (κ3) is 15.8. The summed E-state index contributed by atoms with van der Waals surface area (Å²) >= 11 is 0. The van der Waals surface area contributed by atoms with Crippen LogP contribution >= 0.6 is 0 Å². The maximum atomic E-state index is 11.8. The van der Waals surface area contributed by atoms with Gasteiger partial charge in [-0.05, 0) is 45.4 Å². The number of rotatable bonds is 17. The molecule has 0 aliphatic carbocycles. The predicted octanol–water partition coefficient (Wildman–Crippen LogP) is 4.93. The Morgan fingerprint density at radius 3 is 2.37 bits per heavy atom. The molecule has 0 aliphatic rings. The van der Waals surface area contributed by atoms with Crippen LogP contribution in [-0.4, -0.2) is 43.9 Å². The summed E-state index contributed by atoms with van der Waals surface area (Å²) in [6.07, 6.45) is 7.42. The van der Waals surface area contributed by atoms with E-state index in [1.54, 1.807) is 6.92 Å². The minimum Gasteiger partial charge on any atom is -0.465 e. The molecule has 0 aliphatic heterocycles. The lowest BCUT2D eigenvalue weighted by atomic mass is 10.0. The van der Waals surface area contributed by atoms with Gasteiger partial charge in [0.05, 0.1) is 13.2 Å². The predicted molar refractivity (Wildman–Crippen MR) is 117 cm³/mol. The van der Waals surface area contributed by atoms with Gasteiger partial charge in [-0.2, -0.15) is 0 Å². The van der Waals surface area contributed by atoms with Gasteiger partial charge in [0.1, 0.15) is 12.7 Å². The van der Waals surface area contributed by atoms with Crippen LogP contribution in [0, 0.1) is 5.92 Å². The molecular weight excluding hydrogens is 386 g/mol. The van der Waals surface area contributed by atoms with Crippen molar-refractivity contribution in [3.63, 3.8) is 0 Å². The van der Waals surface area contributed by atoms with Crippen LogP contribution in [-0.2, 0) is 23.8 Å². The number of carbonyl (C=O) groups excluding carboxylic acids is 3. The summed E-state index contributed by atoms with van der Waals surface area (Å²) in [5.74, 6) is -0.138. The molecule has 0 heterocycles. The molecule has 0 fully saturated rings. The molecule has 0 bridgehead atoms. The van der Waals surface area contributed by atoms with Crippen LogP contribution in [0.5, 0.6) is 0 Å². The van der Waals surface area contributed by atoms with Crippen LogP contribution in [0.2, 0.25) is 0 Å². The Morgan fingerprint density at radius 1 is 1.00 bits per heavy atom. The van der Waals surface area contributed by atoms with Crippen molar-refractivity contribution < 1.29 is 28.6 Å². The number of carbonyl (C=O) groups is 3. The summed E-state index contributed by atoms with van der Waals surface area (Å²) in [5.41, 5.74) is 0.316. The fourth-order valence-electron chi connectivity index (χ4n) is 2.76. The first-order chi connectivity index (χ1) is 14.3. The molecule has 0 aromatic heterocycles. The van der Waals surface area contributed by atoms with Gasteiger partial charge in [-0.25, -0.2) is 9.59 Å². The van der Waals surface area contributed by atoms with Crippen molar-refractivity contribution in [1.29, 1.82) is 0 Å². The fourth-order valence-corrected chi connectivity index (χ4v) is 2.76. The topological polar surface area (TPSA) is 90.9 Å². The summed E-state index contributed by atoms with van der Waals surface area (Å²) in [6.45, 7) is 12.0. The maximum absolute atomic E-state index is 11.8. The molecule has 0 radical (unpaired) electrons. The van der Waals surface area contributed by atoms with E-state index < -0.39 is 12.1 Å². The minimum atomic E-state index is -0.536. The molecule has 0 spiro atoms. The highest BCUT2D eigenvalue weighted by molar-refractivity contribution is 5.86. The quantitative estimate of drug-likeness (QED) is 0.153. The third-order valence-corrected chi connectivity index (χ3v) is 4.78. The Labute approximate surface area is 181 Å². The molecule has 2 atom stereocenters.